The van der Waals surface area contributed by atoms with Crippen LogP contribution in [-0.2, 0) is 13.9 Å². The average Bonchev–Trinajstić information content (AvgIpc) is 2.64. The lowest BCUT2D eigenvalue weighted by atomic mass is 9.97. The van der Waals surface area contributed by atoms with Crippen molar-refractivity contribution in [1.82, 2.24) is 0 Å². The molecule has 180 valence electrons. The molecule has 0 aromatic heterocycles. The van der Waals surface area contributed by atoms with Crippen LogP contribution in [0.5, 0.6) is 0 Å². The van der Waals surface area contributed by atoms with Crippen molar-refractivity contribution in [2.45, 2.75) is 98.6 Å². The number of hydrogen-bond acceptors (Lipinski definition) is 3. The first kappa shape index (κ1) is 30.1. The van der Waals surface area contributed by atoms with Crippen LogP contribution >= 0.6 is 0 Å². The summed E-state index contributed by atoms with van der Waals surface area (Å²) < 4.78 is 18.4. The molecule has 0 aromatic carbocycles. The van der Waals surface area contributed by atoms with E-state index in [4.69, 9.17) is 13.9 Å². The zero-order valence-electron chi connectivity index (χ0n) is 22.3. The van der Waals surface area contributed by atoms with E-state index in [2.05, 4.69) is 93.3 Å². The molecule has 4 heteroatoms. The van der Waals surface area contributed by atoms with Crippen LogP contribution in [-0.4, -0.2) is 40.8 Å². The zero-order valence-corrected chi connectivity index (χ0v) is 23.3. The van der Waals surface area contributed by atoms with E-state index in [1.807, 2.05) is 6.08 Å². The van der Waals surface area contributed by atoms with Crippen LogP contribution in [0.3, 0.4) is 0 Å². The molecule has 0 radical (unpaired) electrons. The topological polar surface area (TPSA) is 27.7 Å². The van der Waals surface area contributed by atoms with Crippen molar-refractivity contribution in [3.05, 3.63) is 47.6 Å². The molecule has 3 nitrogen and oxygen atoms in total. The van der Waals surface area contributed by atoms with Gasteiger partial charge in [-0.1, -0.05) is 68.7 Å². The Morgan fingerprint density at radius 1 is 1.03 bits per heavy atom. The molecule has 0 unspecified atom stereocenters. The minimum atomic E-state index is -1.94. The molecule has 0 aliphatic rings. The van der Waals surface area contributed by atoms with Gasteiger partial charge >= 0.3 is 0 Å². The number of hydrogen-bond donors (Lipinski definition) is 0. The fraction of sp³-hybridized carbons (Fsp3) is 0.704. The summed E-state index contributed by atoms with van der Waals surface area (Å²) in [4.78, 5) is 0. The smallest absolute Gasteiger partial charge is 0.192 e. The number of methoxy groups -OCH3 is 1. The lowest BCUT2D eigenvalue weighted by molar-refractivity contribution is 0.00584. The van der Waals surface area contributed by atoms with Gasteiger partial charge in [0.2, 0.25) is 0 Å². The maximum absolute atomic E-state index is 6.76. The van der Waals surface area contributed by atoms with Gasteiger partial charge in [0.25, 0.3) is 0 Å². The van der Waals surface area contributed by atoms with E-state index >= 15 is 0 Å². The Hall–Kier alpha value is -0.943. The summed E-state index contributed by atoms with van der Waals surface area (Å²) in [6.07, 6.45) is 10.6. The van der Waals surface area contributed by atoms with Crippen molar-refractivity contribution < 1.29 is 13.9 Å². The van der Waals surface area contributed by atoms with Gasteiger partial charge in [0.05, 0.1) is 19.3 Å². The van der Waals surface area contributed by atoms with Crippen LogP contribution in [0.2, 0.25) is 18.1 Å². The highest BCUT2D eigenvalue weighted by atomic mass is 28.4. The van der Waals surface area contributed by atoms with Gasteiger partial charge in [-0.25, -0.2) is 0 Å². The molecule has 3 atom stereocenters. The first-order valence-corrected chi connectivity index (χ1v) is 14.5. The third-order valence-corrected chi connectivity index (χ3v) is 10.6. The van der Waals surface area contributed by atoms with Gasteiger partial charge in [0.1, 0.15) is 6.10 Å². The van der Waals surface area contributed by atoms with Crippen molar-refractivity contribution in [2.24, 2.45) is 5.92 Å². The molecule has 0 amide bonds. The van der Waals surface area contributed by atoms with Crippen molar-refractivity contribution >= 4 is 8.32 Å². The Kier molecular flexibility index (Phi) is 13.8. The second-order valence-corrected chi connectivity index (χ2v) is 15.3. The summed E-state index contributed by atoms with van der Waals surface area (Å²) in [5.74, 6) is 0.196. The number of rotatable bonds is 14. The molecule has 0 saturated carbocycles. The van der Waals surface area contributed by atoms with E-state index in [9.17, 15) is 0 Å². The highest BCUT2D eigenvalue weighted by Crippen LogP contribution is 2.39. The largest absolute Gasteiger partial charge is 0.410 e. The quantitative estimate of drug-likeness (QED) is 0.153. The highest BCUT2D eigenvalue weighted by Gasteiger charge is 2.41. The van der Waals surface area contributed by atoms with Crippen LogP contribution in [0.15, 0.2) is 47.6 Å². The molecule has 0 heterocycles. The second kappa shape index (κ2) is 14.3. The Morgan fingerprint density at radius 3 is 2.13 bits per heavy atom. The summed E-state index contributed by atoms with van der Waals surface area (Å²) in [6.45, 7) is 27.4. The van der Waals surface area contributed by atoms with E-state index in [0.717, 1.165) is 12.8 Å². The number of allylic oxidation sites excluding steroid dienone is 3. The predicted molar refractivity (Wildman–Crippen MR) is 139 cm³/mol. The Bertz CT molecular complexity index is 619. The standard InChI is InChI=1S/C27H50O3Si/c1-13-25(28-10)26(30-31(11,12)27(7,8)9)24(6)19-23(5)20-29-18-17-22(4)16-14-15-21(2)3/h13,15,17,19,24-26H,1,14,16,18,20H2,2-12H3/t24-,25+,26+/m1/s1. The SMILES string of the molecule is C=C[C@H](OC)[C@@H](O[Si](C)(C)C(C)(C)C)[C@H](C)C=C(C)COCC=C(C)CCC=C(C)C. The molecular weight excluding hydrogens is 400 g/mol. The summed E-state index contributed by atoms with van der Waals surface area (Å²) in [7, 11) is -0.210. The first-order chi connectivity index (χ1) is 14.2. The lowest BCUT2D eigenvalue weighted by Gasteiger charge is -2.42. The van der Waals surface area contributed by atoms with Crippen LogP contribution in [0.1, 0.15) is 68.2 Å². The molecule has 0 aliphatic carbocycles. The first-order valence-electron chi connectivity index (χ1n) is 11.6. The maximum Gasteiger partial charge on any atom is 0.192 e. The van der Waals surface area contributed by atoms with Crippen LogP contribution < -0.4 is 0 Å². The highest BCUT2D eigenvalue weighted by molar-refractivity contribution is 6.74. The van der Waals surface area contributed by atoms with E-state index in [1.54, 1.807) is 7.11 Å². The second-order valence-electron chi connectivity index (χ2n) is 10.5. The fourth-order valence-electron chi connectivity index (χ4n) is 3.06. The maximum atomic E-state index is 6.76. The van der Waals surface area contributed by atoms with Crippen LogP contribution in [0, 0.1) is 5.92 Å². The van der Waals surface area contributed by atoms with Crippen molar-refractivity contribution in [2.75, 3.05) is 20.3 Å². The molecular formula is C27H50O3Si. The molecule has 0 bridgehead atoms. The molecule has 0 aliphatic heterocycles. The molecule has 31 heavy (non-hydrogen) atoms. The van der Waals surface area contributed by atoms with Gasteiger partial charge in [-0.05, 0) is 58.7 Å². The summed E-state index contributed by atoms with van der Waals surface area (Å²) in [6, 6.07) is 0. The fourth-order valence-corrected chi connectivity index (χ4v) is 4.44. The zero-order chi connectivity index (χ0) is 24.2. The Labute approximate surface area is 194 Å². The van der Waals surface area contributed by atoms with Crippen LogP contribution in [0.25, 0.3) is 0 Å². The van der Waals surface area contributed by atoms with E-state index < -0.39 is 8.32 Å². The predicted octanol–water partition coefficient (Wildman–Crippen LogP) is 7.87. The third-order valence-electron chi connectivity index (χ3n) is 6.10. The average molecular weight is 451 g/mol. The third kappa shape index (κ3) is 12.0. The molecule has 0 rings (SSSR count). The Morgan fingerprint density at radius 2 is 1.65 bits per heavy atom. The van der Waals surface area contributed by atoms with Gasteiger partial charge < -0.3 is 13.9 Å². The minimum absolute atomic E-state index is 0.0597. The van der Waals surface area contributed by atoms with Gasteiger partial charge in [0.15, 0.2) is 8.32 Å². The van der Waals surface area contributed by atoms with Gasteiger partial charge in [-0.3, -0.25) is 0 Å². The van der Waals surface area contributed by atoms with E-state index in [-0.39, 0.29) is 23.2 Å². The minimum Gasteiger partial charge on any atom is -0.410 e. The molecule has 0 fully saturated rings. The molecule has 0 aromatic rings. The van der Waals surface area contributed by atoms with Gasteiger partial charge in [-0.2, -0.15) is 0 Å². The molecule has 0 saturated heterocycles. The summed E-state index contributed by atoms with van der Waals surface area (Å²) >= 11 is 0. The van der Waals surface area contributed by atoms with Gasteiger partial charge in [0, 0.05) is 13.0 Å². The monoisotopic (exact) mass is 450 g/mol. The van der Waals surface area contributed by atoms with Crippen molar-refractivity contribution in [3.8, 4) is 0 Å². The van der Waals surface area contributed by atoms with Crippen LogP contribution in [0.4, 0.5) is 0 Å². The van der Waals surface area contributed by atoms with Crippen molar-refractivity contribution in [1.29, 1.82) is 0 Å². The summed E-state index contributed by atoms with van der Waals surface area (Å²) in [5, 5.41) is 0.141. The number of ether oxygens (including phenoxy) is 2. The lowest BCUT2D eigenvalue weighted by Crippen LogP contribution is -2.49. The normalized spacial score (nSPS) is 16.6. The molecule has 0 N–H and O–H groups in total. The van der Waals surface area contributed by atoms with E-state index in [1.165, 1.54) is 16.7 Å². The molecule has 0 spiro atoms. The van der Waals surface area contributed by atoms with E-state index in [0.29, 0.717) is 13.2 Å². The van der Waals surface area contributed by atoms with Crippen molar-refractivity contribution in [3.63, 3.8) is 0 Å². The van der Waals surface area contributed by atoms with Gasteiger partial charge in [-0.15, -0.1) is 6.58 Å². The summed E-state index contributed by atoms with van der Waals surface area (Å²) in [5.41, 5.74) is 3.97. The Balaban J connectivity index is 5.00.